The molecule has 2 nitrogen and oxygen atoms in total. The molecule has 0 aliphatic heterocycles. The highest BCUT2D eigenvalue weighted by atomic mass is 14.9. The van der Waals surface area contributed by atoms with Crippen LogP contribution in [0.5, 0.6) is 0 Å². The number of rotatable bonds is 11. The van der Waals surface area contributed by atoms with Crippen molar-refractivity contribution in [1.82, 2.24) is 0 Å². The van der Waals surface area contributed by atoms with E-state index in [2.05, 4.69) is 121 Å². The Labute approximate surface area is 212 Å². The van der Waals surface area contributed by atoms with E-state index in [0.29, 0.717) is 0 Å². The molecule has 0 atom stereocenters. The zero-order valence-electron chi connectivity index (χ0n) is 20.8. The molecule has 0 saturated carbocycles. The highest BCUT2D eigenvalue weighted by molar-refractivity contribution is 5.61. The van der Waals surface area contributed by atoms with Gasteiger partial charge in [-0.15, -0.1) is 0 Å². The molecule has 35 heavy (non-hydrogen) atoms. The van der Waals surface area contributed by atoms with Crippen molar-refractivity contribution < 1.29 is 9.13 Å². The quantitative estimate of drug-likeness (QED) is 0.156. The van der Waals surface area contributed by atoms with Crippen molar-refractivity contribution in [1.29, 1.82) is 0 Å². The van der Waals surface area contributed by atoms with Gasteiger partial charge in [0.25, 0.3) is 0 Å². The fourth-order valence-corrected chi connectivity index (χ4v) is 4.49. The number of benzene rings is 2. The van der Waals surface area contributed by atoms with Crippen molar-refractivity contribution in [3.8, 4) is 22.5 Å². The summed E-state index contributed by atoms with van der Waals surface area (Å²) in [6.07, 6.45) is 18.6. The van der Waals surface area contributed by atoms with Crippen molar-refractivity contribution in [2.45, 2.75) is 72.6 Å². The maximum absolute atomic E-state index is 2.32. The second-order valence-corrected chi connectivity index (χ2v) is 9.24. The Morgan fingerprint density at radius 3 is 1.29 bits per heavy atom. The number of hydrogen-bond acceptors (Lipinski definition) is 0. The predicted octanol–water partition coefficient (Wildman–Crippen LogP) is 8.01. The molecule has 0 unspecified atom stereocenters. The van der Waals surface area contributed by atoms with Gasteiger partial charge in [0.15, 0.2) is 24.8 Å². The smallest absolute Gasteiger partial charge is 0.167 e. The Morgan fingerprint density at radius 1 is 0.514 bits per heavy atom. The Kier molecular flexibility index (Phi) is 10.2. The van der Waals surface area contributed by atoms with Crippen LogP contribution in [0.15, 0.2) is 97.6 Å². The second kappa shape index (κ2) is 13.6. The van der Waals surface area contributed by atoms with Gasteiger partial charge in [0, 0.05) is 48.5 Å². The molecule has 182 valence electrons. The standard InChI is InChI=1S/C32H38N2.CH4/c1-3-5-7-11-27-13-9-15-31(25-27)33-21-17-29(18-22-33)30-19-23-34(24-20-30)32-16-10-14-28(26-32)12-8-6-4-2;/h9-10,13-26H,3-8,11-12H2,1-2H3;1H4/q+2;. The average Bonchev–Trinajstić information content (AvgIpc) is 2.90. The van der Waals surface area contributed by atoms with Crippen LogP contribution < -0.4 is 9.13 Å². The summed E-state index contributed by atoms with van der Waals surface area (Å²) in [7, 11) is 0. The lowest BCUT2D eigenvalue weighted by molar-refractivity contribution is -0.596. The number of nitrogens with zero attached hydrogens (tertiary/aromatic N) is 2. The van der Waals surface area contributed by atoms with Crippen molar-refractivity contribution in [2.75, 3.05) is 0 Å². The predicted molar refractivity (Wildman–Crippen MR) is 148 cm³/mol. The maximum atomic E-state index is 2.32. The zero-order chi connectivity index (χ0) is 23.6. The van der Waals surface area contributed by atoms with Crippen molar-refractivity contribution >= 4 is 0 Å². The Morgan fingerprint density at radius 2 is 0.914 bits per heavy atom. The number of aryl methyl sites for hydroxylation is 2. The number of hydrogen-bond donors (Lipinski definition) is 0. The molecule has 0 radical (unpaired) electrons. The fraction of sp³-hybridized carbons (Fsp3) is 0.333. The fourth-order valence-electron chi connectivity index (χ4n) is 4.49. The van der Waals surface area contributed by atoms with Gasteiger partial charge in [0.05, 0.1) is 0 Å². The summed E-state index contributed by atoms with van der Waals surface area (Å²) < 4.78 is 4.42. The molecule has 0 spiro atoms. The first-order valence-corrected chi connectivity index (χ1v) is 13.0. The van der Waals surface area contributed by atoms with E-state index in [1.807, 2.05) is 0 Å². The van der Waals surface area contributed by atoms with Crippen LogP contribution in [0.1, 0.15) is 70.9 Å². The molecule has 0 amide bonds. The summed E-state index contributed by atoms with van der Waals surface area (Å²) in [6, 6.07) is 26.7. The first kappa shape index (κ1) is 26.3. The third kappa shape index (κ3) is 7.36. The molecule has 4 aromatic rings. The molecular weight excluding hydrogens is 424 g/mol. The molecule has 0 fully saturated rings. The molecule has 2 heteroatoms. The molecule has 4 rings (SSSR count). The van der Waals surface area contributed by atoms with E-state index in [0.717, 1.165) is 12.8 Å². The van der Waals surface area contributed by atoms with Gasteiger partial charge < -0.3 is 0 Å². The van der Waals surface area contributed by atoms with Crippen LogP contribution in [0.25, 0.3) is 22.5 Å². The molecule has 0 N–H and O–H groups in total. The number of aromatic nitrogens is 2. The lowest BCUT2D eigenvalue weighted by Crippen LogP contribution is -2.30. The minimum atomic E-state index is 0. The van der Waals surface area contributed by atoms with Crippen LogP contribution in [-0.2, 0) is 12.8 Å². The van der Waals surface area contributed by atoms with Crippen LogP contribution in [0.3, 0.4) is 0 Å². The van der Waals surface area contributed by atoms with E-state index in [-0.39, 0.29) is 7.43 Å². The average molecular weight is 467 g/mol. The van der Waals surface area contributed by atoms with E-state index >= 15 is 0 Å². The van der Waals surface area contributed by atoms with E-state index in [1.165, 1.54) is 72.2 Å². The van der Waals surface area contributed by atoms with Crippen LogP contribution >= 0.6 is 0 Å². The summed E-state index contributed by atoms with van der Waals surface area (Å²) in [4.78, 5) is 0. The number of unbranched alkanes of at least 4 members (excludes halogenated alkanes) is 4. The van der Waals surface area contributed by atoms with Crippen molar-refractivity contribution in [2.24, 2.45) is 0 Å². The van der Waals surface area contributed by atoms with Crippen molar-refractivity contribution in [3.05, 3.63) is 109 Å². The number of pyridine rings is 2. The van der Waals surface area contributed by atoms with Crippen LogP contribution in [0, 0.1) is 0 Å². The molecule has 2 aromatic heterocycles. The first-order valence-electron chi connectivity index (χ1n) is 13.0. The second-order valence-electron chi connectivity index (χ2n) is 9.24. The topological polar surface area (TPSA) is 7.76 Å². The van der Waals surface area contributed by atoms with E-state index in [1.54, 1.807) is 0 Å². The molecular formula is C33H42N2+2. The molecule has 0 aliphatic carbocycles. The third-order valence-corrected chi connectivity index (χ3v) is 6.55. The molecule has 0 bridgehead atoms. The summed E-state index contributed by atoms with van der Waals surface area (Å²) in [6.45, 7) is 4.51. The highest BCUT2D eigenvalue weighted by Crippen LogP contribution is 2.18. The summed E-state index contributed by atoms with van der Waals surface area (Å²) in [5, 5.41) is 0. The zero-order valence-corrected chi connectivity index (χ0v) is 20.8. The third-order valence-electron chi connectivity index (χ3n) is 6.55. The van der Waals surface area contributed by atoms with E-state index < -0.39 is 0 Å². The van der Waals surface area contributed by atoms with Gasteiger partial charge >= 0.3 is 0 Å². The maximum Gasteiger partial charge on any atom is 0.210 e. The Hall–Kier alpha value is -3.26. The van der Waals surface area contributed by atoms with Crippen LogP contribution in [-0.4, -0.2) is 0 Å². The van der Waals surface area contributed by atoms with Gasteiger partial charge in [-0.05, 0) is 47.9 Å². The molecule has 2 heterocycles. The van der Waals surface area contributed by atoms with E-state index in [4.69, 9.17) is 0 Å². The van der Waals surface area contributed by atoms with Gasteiger partial charge in [-0.25, -0.2) is 0 Å². The lowest BCUT2D eigenvalue weighted by Gasteiger charge is -2.04. The molecule has 0 aliphatic rings. The van der Waals surface area contributed by atoms with Gasteiger partial charge in [-0.3, -0.25) is 0 Å². The molecule has 0 saturated heterocycles. The minimum Gasteiger partial charge on any atom is -0.167 e. The summed E-state index contributed by atoms with van der Waals surface area (Å²) in [5.41, 5.74) is 7.76. The summed E-state index contributed by atoms with van der Waals surface area (Å²) >= 11 is 0. The van der Waals surface area contributed by atoms with Crippen molar-refractivity contribution in [3.63, 3.8) is 0 Å². The molecule has 2 aromatic carbocycles. The van der Waals surface area contributed by atoms with Gasteiger partial charge in [-0.2, -0.15) is 9.13 Å². The minimum absolute atomic E-state index is 0. The Balaban J connectivity index is 0.00000342. The van der Waals surface area contributed by atoms with Crippen LogP contribution in [0.4, 0.5) is 0 Å². The summed E-state index contributed by atoms with van der Waals surface area (Å²) in [5.74, 6) is 0. The highest BCUT2D eigenvalue weighted by Gasteiger charge is 2.10. The van der Waals surface area contributed by atoms with Crippen LogP contribution in [0.2, 0.25) is 0 Å². The largest absolute Gasteiger partial charge is 0.210 e. The van der Waals surface area contributed by atoms with E-state index in [9.17, 15) is 0 Å². The lowest BCUT2D eigenvalue weighted by atomic mass is 10.1. The monoisotopic (exact) mass is 466 g/mol. The van der Waals surface area contributed by atoms with Gasteiger partial charge in [0.1, 0.15) is 0 Å². The Bertz CT molecular complexity index is 1070. The van der Waals surface area contributed by atoms with Gasteiger partial charge in [-0.1, -0.05) is 71.2 Å². The van der Waals surface area contributed by atoms with Gasteiger partial charge in [0.2, 0.25) is 11.4 Å². The normalized spacial score (nSPS) is 10.7. The SMILES string of the molecule is C.CCCCCc1cccc(-[n+]2ccc(-c3cc[n+](-c4cccc(CCCCC)c4)cc3)cc2)c1. The first-order chi connectivity index (χ1) is 16.8.